The van der Waals surface area contributed by atoms with E-state index in [9.17, 15) is 19.2 Å². The lowest BCUT2D eigenvalue weighted by Crippen LogP contribution is -2.19. The first-order valence-corrected chi connectivity index (χ1v) is 11.5. The highest BCUT2D eigenvalue weighted by atomic mass is 16.4. The third-order valence-corrected chi connectivity index (χ3v) is 4.99. The van der Waals surface area contributed by atoms with Crippen LogP contribution >= 0.6 is 0 Å². The van der Waals surface area contributed by atoms with Gasteiger partial charge in [-0.2, -0.15) is 0 Å². The van der Waals surface area contributed by atoms with Crippen molar-refractivity contribution in [3.63, 3.8) is 0 Å². The van der Waals surface area contributed by atoms with E-state index in [2.05, 4.69) is 0 Å². The molecule has 0 bridgehead atoms. The Balaban J connectivity index is 0. The second-order valence-corrected chi connectivity index (χ2v) is 7.88. The molecule has 0 heterocycles. The molecule has 0 amide bonds. The molecular formula is C24H38O12. The molecule has 2 rings (SSSR count). The molecule has 1 aromatic carbocycles. The maximum absolute atomic E-state index is 10.3. The van der Waals surface area contributed by atoms with Crippen molar-refractivity contribution in [2.75, 3.05) is 26.4 Å². The maximum Gasteiger partial charge on any atom is 0.335 e. The van der Waals surface area contributed by atoms with Crippen molar-refractivity contribution in [1.29, 1.82) is 0 Å². The normalized spacial score (nSPS) is 16.0. The van der Waals surface area contributed by atoms with Gasteiger partial charge in [0.15, 0.2) is 0 Å². The molecule has 0 aromatic heterocycles. The average Bonchev–Trinajstić information content (AvgIpc) is 2.87. The lowest BCUT2D eigenvalue weighted by molar-refractivity contribution is -0.139. The first kappa shape index (κ1) is 35.1. The lowest BCUT2D eigenvalue weighted by atomic mass is 9.83. The van der Waals surface area contributed by atoms with Gasteiger partial charge in [-0.05, 0) is 74.6 Å². The zero-order chi connectivity index (χ0) is 27.9. The highest BCUT2D eigenvalue weighted by molar-refractivity contribution is 5.91. The summed E-state index contributed by atoms with van der Waals surface area (Å²) < 4.78 is 0. The van der Waals surface area contributed by atoms with Crippen LogP contribution in [0.3, 0.4) is 0 Å². The van der Waals surface area contributed by atoms with Crippen LogP contribution in [0.1, 0.15) is 72.1 Å². The highest BCUT2D eigenvalue weighted by Gasteiger charge is 2.19. The molecule has 0 aliphatic heterocycles. The van der Waals surface area contributed by atoms with Crippen molar-refractivity contribution in [2.24, 2.45) is 11.8 Å². The first-order chi connectivity index (χ1) is 17.0. The number of carboxylic acid groups (broad SMARTS) is 4. The van der Waals surface area contributed by atoms with Gasteiger partial charge in [-0.15, -0.1) is 0 Å². The number of aliphatic hydroxyl groups excluding tert-OH is 4. The fourth-order valence-corrected chi connectivity index (χ4v) is 2.90. The largest absolute Gasteiger partial charge is 0.481 e. The number of aromatic carboxylic acids is 2. The highest BCUT2D eigenvalue weighted by Crippen LogP contribution is 2.27. The van der Waals surface area contributed by atoms with Gasteiger partial charge < -0.3 is 40.9 Å². The van der Waals surface area contributed by atoms with Crippen LogP contribution < -0.4 is 0 Å². The standard InChI is InChI=1S/C8H6O4.C8H16O2.C6H10O4.C2H6O2/c9-7(10)5-1-2-6(4-3-5)8(11)12;9-5-7-1-2-8(6-10)4-3-7;7-5(8)3-1-2-4-6(9)10;3-1-2-4/h1-4H,(H,9,10)(H,11,12);7-10H,1-6H2;1-4H2,(H,7,8)(H,9,10);3-4H,1-2H2. The number of aliphatic hydroxyl groups is 4. The number of rotatable bonds is 10. The summed E-state index contributed by atoms with van der Waals surface area (Å²) in [4.78, 5) is 40.5. The quantitative estimate of drug-likeness (QED) is 0.206. The van der Waals surface area contributed by atoms with E-state index in [1.165, 1.54) is 24.3 Å². The summed E-state index contributed by atoms with van der Waals surface area (Å²) in [6.07, 6.45) is 5.41. The number of carboxylic acids is 4. The SMILES string of the molecule is O=C(O)CCCCC(=O)O.O=C(O)c1ccc(C(=O)O)cc1.OCC1CCC(CO)CC1.OCCO. The number of benzene rings is 1. The van der Waals surface area contributed by atoms with Crippen molar-refractivity contribution >= 4 is 23.9 Å². The van der Waals surface area contributed by atoms with Gasteiger partial charge in [0.2, 0.25) is 0 Å². The summed E-state index contributed by atoms with van der Waals surface area (Å²) in [6, 6.07) is 5.02. The van der Waals surface area contributed by atoms with E-state index in [1.807, 2.05) is 0 Å². The molecule has 206 valence electrons. The Bertz CT molecular complexity index is 677. The average molecular weight is 519 g/mol. The third-order valence-electron chi connectivity index (χ3n) is 4.99. The Kier molecular flexibility index (Phi) is 21.8. The molecule has 1 fully saturated rings. The molecule has 1 aliphatic rings. The van der Waals surface area contributed by atoms with E-state index >= 15 is 0 Å². The number of aliphatic carboxylic acids is 2. The minimum atomic E-state index is -1.06. The van der Waals surface area contributed by atoms with Gasteiger partial charge in [-0.25, -0.2) is 9.59 Å². The smallest absolute Gasteiger partial charge is 0.335 e. The van der Waals surface area contributed by atoms with E-state index < -0.39 is 23.9 Å². The van der Waals surface area contributed by atoms with Crippen LogP contribution in [-0.2, 0) is 9.59 Å². The maximum atomic E-state index is 10.3. The Morgan fingerprint density at radius 1 is 0.583 bits per heavy atom. The van der Waals surface area contributed by atoms with Crippen molar-refractivity contribution in [2.45, 2.75) is 51.4 Å². The van der Waals surface area contributed by atoms with Gasteiger partial charge in [0.25, 0.3) is 0 Å². The Labute approximate surface area is 209 Å². The summed E-state index contributed by atoms with van der Waals surface area (Å²) in [6.45, 7) is 0.413. The number of hydrogen-bond donors (Lipinski definition) is 8. The molecule has 12 heteroatoms. The van der Waals surface area contributed by atoms with Gasteiger partial charge in [0.1, 0.15) is 0 Å². The predicted octanol–water partition coefficient (Wildman–Crippen LogP) is 1.55. The number of unbranched alkanes of at least 4 members (excludes halogenated alkanes) is 1. The minimum Gasteiger partial charge on any atom is -0.481 e. The molecule has 0 unspecified atom stereocenters. The summed E-state index contributed by atoms with van der Waals surface area (Å²) in [5.74, 6) is -2.83. The van der Waals surface area contributed by atoms with Crippen molar-refractivity contribution in [3.8, 4) is 0 Å². The summed E-state index contributed by atoms with van der Waals surface area (Å²) >= 11 is 0. The van der Waals surface area contributed by atoms with Crippen LogP contribution in [0.4, 0.5) is 0 Å². The van der Waals surface area contributed by atoms with E-state index in [-0.39, 0.29) is 37.2 Å². The van der Waals surface area contributed by atoms with Crippen LogP contribution in [0.15, 0.2) is 24.3 Å². The van der Waals surface area contributed by atoms with Crippen LogP contribution in [-0.4, -0.2) is 91.2 Å². The zero-order valence-electron chi connectivity index (χ0n) is 20.2. The van der Waals surface area contributed by atoms with E-state index in [1.54, 1.807) is 0 Å². The fourth-order valence-electron chi connectivity index (χ4n) is 2.90. The van der Waals surface area contributed by atoms with E-state index in [0.717, 1.165) is 25.7 Å². The molecule has 1 saturated carbocycles. The van der Waals surface area contributed by atoms with E-state index in [0.29, 0.717) is 37.9 Å². The van der Waals surface area contributed by atoms with Crippen molar-refractivity contribution < 1.29 is 60.0 Å². The van der Waals surface area contributed by atoms with Crippen LogP contribution in [0.25, 0.3) is 0 Å². The molecule has 1 aliphatic carbocycles. The molecule has 12 nitrogen and oxygen atoms in total. The summed E-state index contributed by atoms with van der Waals surface area (Å²) in [5, 5.41) is 66.0. The van der Waals surface area contributed by atoms with Crippen molar-refractivity contribution in [3.05, 3.63) is 35.4 Å². The Hall–Kier alpha value is -3.06. The molecule has 0 atom stereocenters. The fraction of sp³-hybridized carbons (Fsp3) is 0.583. The Morgan fingerprint density at radius 2 is 0.861 bits per heavy atom. The van der Waals surface area contributed by atoms with Crippen LogP contribution in [0, 0.1) is 11.8 Å². The molecule has 0 radical (unpaired) electrons. The monoisotopic (exact) mass is 518 g/mol. The Morgan fingerprint density at radius 3 is 1.03 bits per heavy atom. The third kappa shape index (κ3) is 20.3. The van der Waals surface area contributed by atoms with Gasteiger partial charge >= 0.3 is 23.9 Å². The van der Waals surface area contributed by atoms with Crippen molar-refractivity contribution in [1.82, 2.24) is 0 Å². The topological polar surface area (TPSA) is 230 Å². The second-order valence-electron chi connectivity index (χ2n) is 7.88. The molecule has 0 saturated heterocycles. The molecule has 8 N–H and O–H groups in total. The summed E-state index contributed by atoms with van der Waals surface area (Å²) in [7, 11) is 0. The summed E-state index contributed by atoms with van der Waals surface area (Å²) in [5.41, 5.74) is 0.167. The van der Waals surface area contributed by atoms with Gasteiger partial charge in [0.05, 0.1) is 24.3 Å². The minimum absolute atomic E-state index is 0.0628. The number of hydrogen-bond acceptors (Lipinski definition) is 8. The molecule has 36 heavy (non-hydrogen) atoms. The van der Waals surface area contributed by atoms with Crippen LogP contribution in [0.5, 0.6) is 0 Å². The van der Waals surface area contributed by atoms with Gasteiger partial charge in [-0.1, -0.05) is 0 Å². The second kappa shape index (κ2) is 22.4. The molecule has 0 spiro atoms. The zero-order valence-corrected chi connectivity index (χ0v) is 20.2. The molecular weight excluding hydrogens is 480 g/mol. The van der Waals surface area contributed by atoms with Crippen LogP contribution in [0.2, 0.25) is 0 Å². The lowest BCUT2D eigenvalue weighted by Gasteiger charge is -2.25. The van der Waals surface area contributed by atoms with Gasteiger partial charge in [0, 0.05) is 26.1 Å². The predicted molar refractivity (Wildman–Crippen MR) is 128 cm³/mol. The molecule has 1 aromatic rings. The van der Waals surface area contributed by atoms with E-state index in [4.69, 9.17) is 40.9 Å². The number of carbonyl (C=O) groups is 4. The first-order valence-electron chi connectivity index (χ1n) is 11.5. The van der Waals surface area contributed by atoms with Gasteiger partial charge in [-0.3, -0.25) is 9.59 Å².